The van der Waals surface area contributed by atoms with E-state index in [0.29, 0.717) is 12.5 Å². The zero-order valence-corrected chi connectivity index (χ0v) is 18.1. The third-order valence-electron chi connectivity index (χ3n) is 5.66. The fraction of sp³-hybridized carbons (Fsp3) is 0.810. The Labute approximate surface area is 172 Å². The minimum Gasteiger partial charge on any atom is -0.465 e. The van der Waals surface area contributed by atoms with Gasteiger partial charge in [0, 0.05) is 26.1 Å². The largest absolute Gasteiger partial charge is 0.465 e. The molecule has 1 amide bonds. The summed E-state index contributed by atoms with van der Waals surface area (Å²) in [7, 11) is 0. The number of amides is 1. The molecule has 0 radical (unpaired) electrons. The van der Waals surface area contributed by atoms with Gasteiger partial charge in [0.2, 0.25) is 0 Å². The molecule has 1 aromatic rings. The number of carbonyl (C=O) groups excluding carboxylic acids is 2. The van der Waals surface area contributed by atoms with E-state index < -0.39 is 5.60 Å². The van der Waals surface area contributed by atoms with E-state index in [0.717, 1.165) is 69.8 Å². The molecule has 8 heteroatoms. The summed E-state index contributed by atoms with van der Waals surface area (Å²) in [4.78, 5) is 26.2. The van der Waals surface area contributed by atoms with Crippen LogP contribution in [0.3, 0.4) is 0 Å². The Morgan fingerprint density at radius 3 is 2.48 bits per heavy atom. The minimum absolute atomic E-state index is 0.193. The van der Waals surface area contributed by atoms with E-state index >= 15 is 0 Å². The van der Waals surface area contributed by atoms with Crippen LogP contribution in [0.4, 0.5) is 4.79 Å². The number of hydrogen-bond acceptors (Lipinski definition) is 6. The highest BCUT2D eigenvalue weighted by atomic mass is 16.6. The first-order chi connectivity index (χ1) is 13.8. The van der Waals surface area contributed by atoms with Crippen molar-refractivity contribution in [1.29, 1.82) is 0 Å². The SMILES string of the molecule is CCOC(=O)C1CCCn2c(CCC3CCN(C(=O)OC(C)(C)C)CC3)nnc21. The van der Waals surface area contributed by atoms with Crippen LogP contribution in [0.25, 0.3) is 0 Å². The van der Waals surface area contributed by atoms with Gasteiger partial charge in [-0.1, -0.05) is 0 Å². The third kappa shape index (κ3) is 5.48. The molecule has 0 N–H and O–H groups in total. The number of hydrogen-bond donors (Lipinski definition) is 0. The van der Waals surface area contributed by atoms with Gasteiger partial charge in [0.15, 0.2) is 0 Å². The average Bonchev–Trinajstić information content (AvgIpc) is 3.09. The van der Waals surface area contributed by atoms with E-state index in [1.807, 2.05) is 32.6 Å². The zero-order chi connectivity index (χ0) is 21.0. The van der Waals surface area contributed by atoms with E-state index in [4.69, 9.17) is 9.47 Å². The molecule has 3 rings (SSSR count). The lowest BCUT2D eigenvalue weighted by Gasteiger charge is -2.33. The molecule has 1 fully saturated rings. The van der Waals surface area contributed by atoms with Crippen LogP contribution in [-0.2, 0) is 27.2 Å². The van der Waals surface area contributed by atoms with Gasteiger partial charge in [0.05, 0.1) is 6.61 Å². The maximum atomic E-state index is 12.2. The Balaban J connectivity index is 1.51. The number of carbonyl (C=O) groups is 2. The predicted octanol–water partition coefficient (Wildman–Crippen LogP) is 3.30. The molecule has 1 saturated heterocycles. The molecular formula is C21H34N4O4. The number of nitrogens with zero attached hydrogens (tertiary/aromatic N) is 4. The molecule has 1 unspecified atom stereocenters. The van der Waals surface area contributed by atoms with Crippen molar-refractivity contribution >= 4 is 12.1 Å². The number of ether oxygens (including phenoxy) is 2. The molecule has 2 aliphatic heterocycles. The van der Waals surface area contributed by atoms with Crippen molar-refractivity contribution in [2.24, 2.45) is 5.92 Å². The quantitative estimate of drug-likeness (QED) is 0.698. The van der Waals surface area contributed by atoms with Gasteiger partial charge >= 0.3 is 12.1 Å². The summed E-state index contributed by atoms with van der Waals surface area (Å²) in [6, 6.07) is 0. The molecule has 2 aliphatic rings. The summed E-state index contributed by atoms with van der Waals surface area (Å²) >= 11 is 0. The first-order valence-corrected chi connectivity index (χ1v) is 10.8. The molecule has 0 aliphatic carbocycles. The topological polar surface area (TPSA) is 86.5 Å². The lowest BCUT2D eigenvalue weighted by molar-refractivity contribution is -0.145. The second-order valence-electron chi connectivity index (χ2n) is 9.02. The van der Waals surface area contributed by atoms with Crippen LogP contribution < -0.4 is 0 Å². The molecule has 8 nitrogen and oxygen atoms in total. The maximum Gasteiger partial charge on any atom is 0.410 e. The van der Waals surface area contributed by atoms with Crippen molar-refractivity contribution in [3.05, 3.63) is 11.6 Å². The van der Waals surface area contributed by atoms with Crippen molar-refractivity contribution in [2.75, 3.05) is 19.7 Å². The number of rotatable bonds is 5. The maximum absolute atomic E-state index is 12.2. The Morgan fingerprint density at radius 1 is 1.10 bits per heavy atom. The first-order valence-electron chi connectivity index (χ1n) is 10.8. The Kier molecular flexibility index (Phi) is 6.80. The van der Waals surface area contributed by atoms with Gasteiger partial charge in [-0.3, -0.25) is 4.79 Å². The van der Waals surface area contributed by atoms with E-state index in [-0.39, 0.29) is 18.0 Å². The fourth-order valence-electron chi connectivity index (χ4n) is 4.15. The zero-order valence-electron chi connectivity index (χ0n) is 18.1. The van der Waals surface area contributed by atoms with Crippen LogP contribution in [0.5, 0.6) is 0 Å². The normalized spacial score (nSPS) is 20.3. The highest BCUT2D eigenvalue weighted by Gasteiger charge is 2.32. The van der Waals surface area contributed by atoms with Gasteiger partial charge in [-0.05, 0) is 65.7 Å². The summed E-state index contributed by atoms with van der Waals surface area (Å²) in [5.41, 5.74) is -0.456. The summed E-state index contributed by atoms with van der Waals surface area (Å²) in [5, 5.41) is 8.70. The summed E-state index contributed by atoms with van der Waals surface area (Å²) in [6.07, 6.45) is 5.32. The van der Waals surface area contributed by atoms with Gasteiger partial charge in [0.25, 0.3) is 0 Å². The molecular weight excluding hydrogens is 372 g/mol. The number of aryl methyl sites for hydroxylation is 1. The monoisotopic (exact) mass is 406 g/mol. The highest BCUT2D eigenvalue weighted by molar-refractivity contribution is 5.77. The number of aromatic nitrogens is 3. The van der Waals surface area contributed by atoms with Crippen molar-refractivity contribution in [2.45, 2.75) is 84.3 Å². The third-order valence-corrected chi connectivity index (χ3v) is 5.66. The number of piperidine rings is 1. The van der Waals surface area contributed by atoms with Crippen molar-refractivity contribution in [1.82, 2.24) is 19.7 Å². The molecule has 1 aromatic heterocycles. The van der Waals surface area contributed by atoms with E-state index in [9.17, 15) is 9.59 Å². The minimum atomic E-state index is -0.456. The molecule has 0 bridgehead atoms. The van der Waals surface area contributed by atoms with Gasteiger partial charge in [-0.25, -0.2) is 4.79 Å². The smallest absolute Gasteiger partial charge is 0.410 e. The van der Waals surface area contributed by atoms with Gasteiger partial charge < -0.3 is 18.9 Å². The molecule has 3 heterocycles. The molecule has 1 atom stereocenters. The highest BCUT2D eigenvalue weighted by Crippen LogP contribution is 2.29. The van der Waals surface area contributed by atoms with Crippen LogP contribution >= 0.6 is 0 Å². The average molecular weight is 407 g/mol. The van der Waals surface area contributed by atoms with Gasteiger partial charge in [0.1, 0.15) is 23.2 Å². The van der Waals surface area contributed by atoms with Crippen LogP contribution in [0.1, 0.15) is 77.4 Å². The van der Waals surface area contributed by atoms with Gasteiger partial charge in [-0.15, -0.1) is 10.2 Å². The second-order valence-corrected chi connectivity index (χ2v) is 9.02. The number of likely N-dealkylation sites (tertiary alicyclic amines) is 1. The molecule has 29 heavy (non-hydrogen) atoms. The Hall–Kier alpha value is -2.12. The Bertz CT molecular complexity index is 717. The van der Waals surface area contributed by atoms with E-state index in [1.165, 1.54) is 0 Å². The van der Waals surface area contributed by atoms with Crippen molar-refractivity contribution in [3.8, 4) is 0 Å². The second kappa shape index (κ2) is 9.13. The van der Waals surface area contributed by atoms with Crippen LogP contribution in [-0.4, -0.2) is 57.0 Å². The first kappa shape index (κ1) is 21.6. The van der Waals surface area contributed by atoms with E-state index in [1.54, 1.807) is 0 Å². The summed E-state index contributed by atoms with van der Waals surface area (Å²) < 4.78 is 12.8. The van der Waals surface area contributed by atoms with E-state index in [2.05, 4.69) is 14.8 Å². The lowest BCUT2D eigenvalue weighted by Crippen LogP contribution is -2.41. The molecule has 162 valence electrons. The van der Waals surface area contributed by atoms with Crippen LogP contribution in [0, 0.1) is 5.92 Å². The molecule has 0 spiro atoms. The summed E-state index contributed by atoms with van der Waals surface area (Å²) in [6.45, 7) is 10.2. The predicted molar refractivity (Wildman–Crippen MR) is 107 cm³/mol. The van der Waals surface area contributed by atoms with Crippen molar-refractivity contribution < 1.29 is 19.1 Å². The number of fused-ring (bicyclic) bond motifs is 1. The summed E-state index contributed by atoms with van der Waals surface area (Å²) in [5.74, 6) is 1.79. The molecule has 0 saturated carbocycles. The van der Waals surface area contributed by atoms with Crippen LogP contribution in [0.2, 0.25) is 0 Å². The standard InChI is InChI=1S/C21H34N4O4/c1-5-28-19(26)16-7-6-12-25-17(22-23-18(16)25)9-8-15-10-13-24(14-11-15)20(27)29-21(2,3)4/h15-16H,5-14H2,1-4H3. The molecule has 0 aromatic carbocycles. The number of esters is 1. The Morgan fingerprint density at radius 2 is 1.83 bits per heavy atom. The fourth-order valence-corrected chi connectivity index (χ4v) is 4.15. The van der Waals surface area contributed by atoms with Crippen molar-refractivity contribution in [3.63, 3.8) is 0 Å². The van der Waals surface area contributed by atoms with Gasteiger partial charge in [-0.2, -0.15) is 0 Å². The van der Waals surface area contributed by atoms with Crippen LogP contribution in [0.15, 0.2) is 0 Å². The lowest BCUT2D eigenvalue weighted by atomic mass is 9.92.